The molecule has 1 unspecified atom stereocenters. The number of unbranched alkanes of at least 4 members (excludes halogenated alkanes) is 19. The van der Waals surface area contributed by atoms with Gasteiger partial charge in [-0.15, -0.1) is 0 Å². The van der Waals surface area contributed by atoms with Gasteiger partial charge < -0.3 is 9.64 Å². The Morgan fingerprint density at radius 2 is 0.972 bits per heavy atom. The first-order valence-corrected chi connectivity index (χ1v) is 15.9. The Kier molecular flexibility index (Phi) is 26.2. The molecule has 4 heteroatoms. The van der Waals surface area contributed by atoms with Crippen molar-refractivity contribution < 1.29 is 14.3 Å². The molecule has 0 N–H and O–H groups in total. The van der Waals surface area contributed by atoms with E-state index >= 15 is 0 Å². The predicted octanol–water partition coefficient (Wildman–Crippen LogP) is 9.78. The van der Waals surface area contributed by atoms with Crippen molar-refractivity contribution in [3.05, 3.63) is 0 Å². The Hall–Kier alpha value is -1.06. The number of ether oxygens (including phenoxy) is 1. The monoisotopic (exact) mass is 509 g/mol. The van der Waals surface area contributed by atoms with Gasteiger partial charge in [0.05, 0.1) is 12.5 Å². The number of hydrogen-bond donors (Lipinski definition) is 0. The molecular weight excluding hydrogens is 446 g/mol. The van der Waals surface area contributed by atoms with Crippen LogP contribution in [0.15, 0.2) is 0 Å². The van der Waals surface area contributed by atoms with Crippen LogP contribution in [0.1, 0.15) is 175 Å². The summed E-state index contributed by atoms with van der Waals surface area (Å²) < 4.78 is 5.56. The van der Waals surface area contributed by atoms with Crippen molar-refractivity contribution >= 4 is 11.9 Å². The second-order valence-electron chi connectivity index (χ2n) is 11.1. The lowest BCUT2D eigenvalue weighted by molar-refractivity contribution is -0.149. The Bertz CT molecular complexity index is 494. The van der Waals surface area contributed by atoms with Gasteiger partial charge in [-0.05, 0) is 26.2 Å². The van der Waals surface area contributed by atoms with Crippen LogP contribution < -0.4 is 0 Å². The van der Waals surface area contributed by atoms with E-state index in [2.05, 4.69) is 13.8 Å². The third-order valence-electron chi connectivity index (χ3n) is 7.37. The molecule has 0 aliphatic heterocycles. The van der Waals surface area contributed by atoms with Crippen molar-refractivity contribution in [3.63, 3.8) is 0 Å². The Morgan fingerprint density at radius 1 is 0.583 bits per heavy atom. The number of rotatable bonds is 27. The second kappa shape index (κ2) is 27.0. The van der Waals surface area contributed by atoms with E-state index in [1.807, 2.05) is 6.92 Å². The van der Waals surface area contributed by atoms with Crippen LogP contribution >= 0.6 is 0 Å². The highest BCUT2D eigenvalue weighted by Crippen LogP contribution is 2.14. The summed E-state index contributed by atoms with van der Waals surface area (Å²) in [5, 5.41) is 0. The first kappa shape index (κ1) is 34.9. The molecule has 0 saturated carbocycles. The summed E-state index contributed by atoms with van der Waals surface area (Å²) in [4.78, 5) is 26.2. The fraction of sp³-hybridized carbons (Fsp3) is 0.938. The maximum atomic E-state index is 12.3. The van der Waals surface area contributed by atoms with Crippen molar-refractivity contribution in [2.75, 3.05) is 13.6 Å². The van der Waals surface area contributed by atoms with Gasteiger partial charge in [-0.1, -0.05) is 136 Å². The quantitative estimate of drug-likeness (QED) is 0.0817. The van der Waals surface area contributed by atoms with E-state index in [9.17, 15) is 9.59 Å². The minimum absolute atomic E-state index is 0.0244. The highest BCUT2D eigenvalue weighted by atomic mass is 16.5. The van der Waals surface area contributed by atoms with E-state index in [4.69, 9.17) is 4.74 Å². The number of nitrogens with zero attached hydrogens (tertiary/aromatic N) is 1. The number of carbonyl (C=O) groups excluding carboxylic acids is 2. The summed E-state index contributed by atoms with van der Waals surface area (Å²) >= 11 is 0. The summed E-state index contributed by atoms with van der Waals surface area (Å²) in [6.07, 6.45) is 29.2. The molecule has 0 saturated heterocycles. The molecule has 1 amide bonds. The zero-order valence-corrected chi connectivity index (χ0v) is 24.9. The van der Waals surface area contributed by atoms with Crippen molar-refractivity contribution in [2.45, 2.75) is 181 Å². The summed E-state index contributed by atoms with van der Waals surface area (Å²) in [6, 6.07) is 0. The van der Waals surface area contributed by atoms with E-state index in [1.54, 1.807) is 11.9 Å². The molecule has 0 aromatic carbocycles. The van der Waals surface area contributed by atoms with E-state index in [0.29, 0.717) is 19.4 Å². The van der Waals surface area contributed by atoms with Crippen molar-refractivity contribution in [1.29, 1.82) is 0 Å². The molecule has 0 aliphatic rings. The molecule has 36 heavy (non-hydrogen) atoms. The molecule has 0 rings (SSSR count). The molecule has 0 aromatic rings. The summed E-state index contributed by atoms with van der Waals surface area (Å²) in [5.74, 6) is -0.0283. The maximum absolute atomic E-state index is 12.3. The van der Waals surface area contributed by atoms with Crippen LogP contribution in [0.3, 0.4) is 0 Å². The zero-order valence-electron chi connectivity index (χ0n) is 24.9. The molecule has 0 spiro atoms. The van der Waals surface area contributed by atoms with Crippen molar-refractivity contribution in [2.24, 2.45) is 0 Å². The van der Waals surface area contributed by atoms with E-state index in [0.717, 1.165) is 25.7 Å². The minimum atomic E-state index is -0.177. The molecule has 0 aliphatic carbocycles. The SMILES string of the molecule is CCCCCCCCCCCCCCC(C)OC(=O)CCN(C)C(=O)CCCCCCCCCCC. The molecule has 0 fully saturated rings. The summed E-state index contributed by atoms with van der Waals surface area (Å²) in [5.41, 5.74) is 0. The number of carbonyl (C=O) groups is 2. The second-order valence-corrected chi connectivity index (χ2v) is 11.1. The molecule has 1 atom stereocenters. The van der Waals surface area contributed by atoms with Gasteiger partial charge in [0.2, 0.25) is 5.91 Å². The Morgan fingerprint density at radius 3 is 1.42 bits per heavy atom. The molecule has 0 aromatic heterocycles. The molecule has 0 heterocycles. The standard InChI is InChI=1S/C32H63NO3/c1-5-7-9-11-13-15-16-17-19-20-22-24-26-30(3)36-32(35)28-29-33(4)31(34)27-25-23-21-18-14-12-10-8-6-2/h30H,5-29H2,1-4H3. The fourth-order valence-electron chi connectivity index (χ4n) is 4.78. The summed E-state index contributed by atoms with van der Waals surface area (Å²) in [6.45, 7) is 6.97. The average Bonchev–Trinajstić information content (AvgIpc) is 2.86. The zero-order chi connectivity index (χ0) is 26.7. The average molecular weight is 510 g/mol. The lowest BCUT2D eigenvalue weighted by atomic mass is 10.0. The number of amides is 1. The topological polar surface area (TPSA) is 46.6 Å². The first-order valence-electron chi connectivity index (χ1n) is 15.9. The van der Waals surface area contributed by atoms with Crippen LogP contribution in [-0.2, 0) is 14.3 Å². The van der Waals surface area contributed by atoms with Crippen LogP contribution in [0.4, 0.5) is 0 Å². The number of esters is 1. The molecule has 214 valence electrons. The van der Waals surface area contributed by atoms with Crippen molar-refractivity contribution in [3.8, 4) is 0 Å². The first-order chi connectivity index (χ1) is 17.5. The molecule has 0 bridgehead atoms. The van der Waals surface area contributed by atoms with Crippen molar-refractivity contribution in [1.82, 2.24) is 4.90 Å². The van der Waals surface area contributed by atoms with Gasteiger partial charge in [-0.3, -0.25) is 9.59 Å². The Labute approximate surface area is 225 Å². The molecule has 0 radical (unpaired) electrons. The lowest BCUT2D eigenvalue weighted by Gasteiger charge is -2.18. The van der Waals surface area contributed by atoms with Gasteiger partial charge >= 0.3 is 5.97 Å². The van der Waals surface area contributed by atoms with Crippen LogP contribution in [0.5, 0.6) is 0 Å². The number of hydrogen-bond acceptors (Lipinski definition) is 3. The fourth-order valence-corrected chi connectivity index (χ4v) is 4.78. The van der Waals surface area contributed by atoms with Gasteiger partial charge in [-0.2, -0.15) is 0 Å². The highest BCUT2D eigenvalue weighted by molar-refractivity contribution is 5.77. The normalized spacial score (nSPS) is 12.0. The third-order valence-corrected chi connectivity index (χ3v) is 7.37. The van der Waals surface area contributed by atoms with Gasteiger partial charge in [0.25, 0.3) is 0 Å². The van der Waals surface area contributed by atoms with E-state index < -0.39 is 0 Å². The third kappa shape index (κ3) is 24.6. The molecular formula is C32H63NO3. The smallest absolute Gasteiger partial charge is 0.307 e. The summed E-state index contributed by atoms with van der Waals surface area (Å²) in [7, 11) is 1.80. The van der Waals surface area contributed by atoms with Gasteiger partial charge in [0, 0.05) is 20.0 Å². The van der Waals surface area contributed by atoms with Gasteiger partial charge in [0.15, 0.2) is 0 Å². The van der Waals surface area contributed by atoms with Crippen LogP contribution in [-0.4, -0.2) is 36.5 Å². The molecule has 4 nitrogen and oxygen atoms in total. The minimum Gasteiger partial charge on any atom is -0.463 e. The Balaban J connectivity index is 3.56. The van der Waals surface area contributed by atoms with E-state index in [-0.39, 0.29) is 18.0 Å². The van der Waals surface area contributed by atoms with Crippen LogP contribution in [0.2, 0.25) is 0 Å². The van der Waals surface area contributed by atoms with Gasteiger partial charge in [0.1, 0.15) is 0 Å². The predicted molar refractivity (Wildman–Crippen MR) is 155 cm³/mol. The van der Waals surface area contributed by atoms with Crippen LogP contribution in [0, 0.1) is 0 Å². The van der Waals surface area contributed by atoms with E-state index in [1.165, 1.54) is 116 Å². The van der Waals surface area contributed by atoms with Crippen LogP contribution in [0.25, 0.3) is 0 Å². The lowest BCUT2D eigenvalue weighted by Crippen LogP contribution is -2.29. The largest absolute Gasteiger partial charge is 0.463 e. The van der Waals surface area contributed by atoms with Gasteiger partial charge in [-0.25, -0.2) is 0 Å². The highest BCUT2D eigenvalue weighted by Gasteiger charge is 2.13. The maximum Gasteiger partial charge on any atom is 0.307 e.